The van der Waals surface area contributed by atoms with Crippen molar-refractivity contribution in [2.45, 2.75) is 20.4 Å². The van der Waals surface area contributed by atoms with E-state index in [1.54, 1.807) is 0 Å². The first-order valence-corrected chi connectivity index (χ1v) is 4.93. The summed E-state index contributed by atoms with van der Waals surface area (Å²) in [6.07, 6.45) is 2.15. The molecule has 0 bridgehead atoms. The minimum atomic E-state index is 0.973. The summed E-state index contributed by atoms with van der Waals surface area (Å²) in [5, 5.41) is 0. The van der Waals surface area contributed by atoms with Crippen molar-refractivity contribution < 1.29 is 0 Å². The van der Waals surface area contributed by atoms with E-state index < -0.39 is 0 Å². The second-order valence-corrected chi connectivity index (χ2v) is 3.70. The molecule has 1 aromatic heterocycles. The van der Waals surface area contributed by atoms with Gasteiger partial charge in [0.05, 0.1) is 0 Å². The minimum Gasteiger partial charge on any atom is -0.347 e. The van der Waals surface area contributed by atoms with Crippen LogP contribution < -0.4 is 0 Å². The van der Waals surface area contributed by atoms with Crippen molar-refractivity contribution in [3.05, 3.63) is 59.4 Å². The van der Waals surface area contributed by atoms with Gasteiger partial charge in [-0.2, -0.15) is 0 Å². The second-order valence-electron chi connectivity index (χ2n) is 3.70. The lowest BCUT2D eigenvalue weighted by atomic mass is 10.2. The molecule has 0 saturated heterocycles. The topological polar surface area (TPSA) is 4.93 Å². The Morgan fingerprint density at radius 3 is 2.29 bits per heavy atom. The fraction of sp³-hybridized carbons (Fsp3) is 0.231. The minimum absolute atomic E-state index is 0.973. The normalized spacial score (nSPS) is 10.4. The quantitative estimate of drug-likeness (QED) is 0.677. The molecule has 0 amide bonds. The van der Waals surface area contributed by atoms with E-state index in [0.717, 1.165) is 6.54 Å². The van der Waals surface area contributed by atoms with Crippen molar-refractivity contribution in [1.29, 1.82) is 0 Å². The Balaban J connectivity index is 2.23. The maximum Gasteiger partial charge on any atom is 0.0472 e. The average molecular weight is 185 g/mol. The van der Waals surface area contributed by atoms with Gasteiger partial charge in [0.2, 0.25) is 0 Å². The first-order valence-electron chi connectivity index (χ1n) is 4.93. The maximum atomic E-state index is 2.28. The molecule has 0 atom stereocenters. The van der Waals surface area contributed by atoms with E-state index in [2.05, 4.69) is 61.0 Å². The molecule has 2 rings (SSSR count). The summed E-state index contributed by atoms with van der Waals surface area (Å²) in [4.78, 5) is 0. The van der Waals surface area contributed by atoms with Gasteiger partial charge in [0.1, 0.15) is 0 Å². The lowest BCUT2D eigenvalue weighted by Gasteiger charge is -2.06. The molecule has 1 heteroatoms. The highest BCUT2D eigenvalue weighted by Crippen LogP contribution is 2.10. The monoisotopic (exact) mass is 185 g/mol. The van der Waals surface area contributed by atoms with Crippen LogP contribution in [0.15, 0.2) is 42.6 Å². The summed E-state index contributed by atoms with van der Waals surface area (Å²) in [5.41, 5.74) is 4.07. The van der Waals surface area contributed by atoms with E-state index in [-0.39, 0.29) is 0 Å². The molecule has 1 aromatic carbocycles. The Labute approximate surface area is 85.0 Å². The summed E-state index contributed by atoms with van der Waals surface area (Å²) in [5.74, 6) is 0. The standard InChI is InChI=1S/C13H15N/c1-11-8-9-14(12(11)2)10-13-6-4-3-5-7-13/h3-9H,10H2,1-2H3. The summed E-state index contributed by atoms with van der Waals surface area (Å²) < 4.78 is 2.28. The van der Waals surface area contributed by atoms with Gasteiger partial charge < -0.3 is 4.57 Å². The fourth-order valence-corrected chi connectivity index (χ4v) is 1.61. The fourth-order valence-electron chi connectivity index (χ4n) is 1.61. The average Bonchev–Trinajstić information content (AvgIpc) is 2.52. The number of aryl methyl sites for hydroxylation is 1. The van der Waals surface area contributed by atoms with Crippen LogP contribution >= 0.6 is 0 Å². The van der Waals surface area contributed by atoms with Crippen LogP contribution in [0.2, 0.25) is 0 Å². The third-order valence-corrected chi connectivity index (χ3v) is 2.70. The van der Waals surface area contributed by atoms with Crippen molar-refractivity contribution in [3.8, 4) is 0 Å². The molecule has 2 aromatic rings. The molecule has 14 heavy (non-hydrogen) atoms. The lowest BCUT2D eigenvalue weighted by Crippen LogP contribution is -2.00. The molecule has 0 radical (unpaired) electrons. The summed E-state index contributed by atoms with van der Waals surface area (Å²) in [6, 6.07) is 12.7. The second kappa shape index (κ2) is 3.70. The van der Waals surface area contributed by atoms with Crippen LogP contribution in [0.4, 0.5) is 0 Å². The van der Waals surface area contributed by atoms with Gasteiger partial charge in [0, 0.05) is 18.4 Å². The van der Waals surface area contributed by atoms with Crippen molar-refractivity contribution in [2.75, 3.05) is 0 Å². The van der Waals surface area contributed by atoms with Crippen LogP contribution in [-0.4, -0.2) is 4.57 Å². The van der Waals surface area contributed by atoms with Crippen molar-refractivity contribution in [2.24, 2.45) is 0 Å². The third-order valence-electron chi connectivity index (χ3n) is 2.70. The third kappa shape index (κ3) is 1.72. The van der Waals surface area contributed by atoms with Gasteiger partial charge in [0.15, 0.2) is 0 Å². The van der Waals surface area contributed by atoms with Crippen molar-refractivity contribution in [3.63, 3.8) is 0 Å². The van der Waals surface area contributed by atoms with Gasteiger partial charge in [-0.1, -0.05) is 30.3 Å². The Morgan fingerprint density at radius 1 is 1.00 bits per heavy atom. The van der Waals surface area contributed by atoms with Crippen LogP contribution in [0.25, 0.3) is 0 Å². The molecule has 0 aliphatic rings. The first kappa shape index (κ1) is 9.07. The largest absolute Gasteiger partial charge is 0.347 e. The highest BCUT2D eigenvalue weighted by molar-refractivity contribution is 5.22. The van der Waals surface area contributed by atoms with Crippen LogP contribution in [0, 0.1) is 13.8 Å². The van der Waals surface area contributed by atoms with Crippen molar-refractivity contribution in [1.82, 2.24) is 4.57 Å². The smallest absolute Gasteiger partial charge is 0.0472 e. The van der Waals surface area contributed by atoms with E-state index in [9.17, 15) is 0 Å². The first-order chi connectivity index (χ1) is 6.77. The van der Waals surface area contributed by atoms with Crippen LogP contribution in [0.1, 0.15) is 16.8 Å². The Morgan fingerprint density at radius 2 is 1.71 bits per heavy atom. The molecule has 0 aliphatic carbocycles. The van der Waals surface area contributed by atoms with E-state index in [0.29, 0.717) is 0 Å². The number of benzene rings is 1. The Hall–Kier alpha value is -1.50. The Bertz CT molecular complexity index is 412. The molecule has 0 fully saturated rings. The molecular formula is C13H15N. The molecular weight excluding hydrogens is 170 g/mol. The highest BCUT2D eigenvalue weighted by atomic mass is 15.0. The van der Waals surface area contributed by atoms with E-state index in [1.165, 1.54) is 16.8 Å². The molecule has 1 heterocycles. The maximum absolute atomic E-state index is 2.28. The van der Waals surface area contributed by atoms with Crippen LogP contribution in [-0.2, 0) is 6.54 Å². The predicted octanol–water partition coefficient (Wildman–Crippen LogP) is 3.15. The molecule has 0 unspecified atom stereocenters. The lowest BCUT2D eigenvalue weighted by molar-refractivity contribution is 0.773. The van der Waals surface area contributed by atoms with Crippen LogP contribution in [0.3, 0.4) is 0 Å². The summed E-state index contributed by atoms with van der Waals surface area (Å²) in [7, 11) is 0. The van der Waals surface area contributed by atoms with E-state index >= 15 is 0 Å². The number of rotatable bonds is 2. The predicted molar refractivity (Wildman–Crippen MR) is 59.5 cm³/mol. The van der Waals surface area contributed by atoms with E-state index in [4.69, 9.17) is 0 Å². The zero-order chi connectivity index (χ0) is 9.97. The highest BCUT2D eigenvalue weighted by Gasteiger charge is 2.00. The number of nitrogens with zero attached hydrogens (tertiary/aromatic N) is 1. The van der Waals surface area contributed by atoms with Gasteiger partial charge in [-0.05, 0) is 31.0 Å². The summed E-state index contributed by atoms with van der Waals surface area (Å²) >= 11 is 0. The van der Waals surface area contributed by atoms with Crippen LogP contribution in [0.5, 0.6) is 0 Å². The molecule has 0 N–H and O–H groups in total. The Kier molecular flexibility index (Phi) is 2.40. The van der Waals surface area contributed by atoms with Gasteiger partial charge in [-0.25, -0.2) is 0 Å². The summed E-state index contributed by atoms with van der Waals surface area (Å²) in [6.45, 7) is 5.29. The molecule has 0 saturated carbocycles. The SMILES string of the molecule is Cc1ccn(Cc2ccccc2)c1C. The van der Waals surface area contributed by atoms with Gasteiger partial charge >= 0.3 is 0 Å². The van der Waals surface area contributed by atoms with E-state index in [1.807, 2.05) is 0 Å². The zero-order valence-electron chi connectivity index (χ0n) is 8.70. The molecule has 1 nitrogen and oxygen atoms in total. The van der Waals surface area contributed by atoms with Gasteiger partial charge in [0.25, 0.3) is 0 Å². The molecule has 0 aliphatic heterocycles. The van der Waals surface area contributed by atoms with Gasteiger partial charge in [-0.3, -0.25) is 0 Å². The molecule has 72 valence electrons. The number of hydrogen-bond acceptors (Lipinski definition) is 0. The zero-order valence-corrected chi connectivity index (χ0v) is 8.70. The molecule has 0 spiro atoms. The van der Waals surface area contributed by atoms with Gasteiger partial charge in [-0.15, -0.1) is 0 Å². The number of hydrogen-bond donors (Lipinski definition) is 0. The number of aromatic nitrogens is 1. The van der Waals surface area contributed by atoms with Crippen molar-refractivity contribution >= 4 is 0 Å².